The summed E-state index contributed by atoms with van der Waals surface area (Å²) >= 11 is 0. The SMILES string of the molecule is COC(F)(F)C(F)(F)C(F)(F)C(F)(F)C(F)(F)C(F)(F)C(F)(C(F)(F)F)C(F)(F)F. The quantitative estimate of drug-likeness (QED) is 0.377. The van der Waals surface area contributed by atoms with Crippen LogP contribution in [-0.4, -0.2) is 60.9 Å². The molecule has 0 aromatic rings. The Morgan fingerprint density at radius 3 is 0.833 bits per heavy atom. The minimum absolute atomic E-state index is 0.644. The van der Waals surface area contributed by atoms with Gasteiger partial charge >= 0.3 is 53.7 Å². The molecule has 30 heavy (non-hydrogen) atoms. The van der Waals surface area contributed by atoms with Crippen LogP contribution in [0, 0.1) is 0 Å². The van der Waals surface area contributed by atoms with Crippen LogP contribution in [0.4, 0.5) is 83.4 Å². The molecule has 0 aromatic carbocycles. The van der Waals surface area contributed by atoms with Crippen molar-refractivity contribution in [2.45, 2.75) is 53.7 Å². The van der Waals surface area contributed by atoms with Crippen LogP contribution in [-0.2, 0) is 4.74 Å². The van der Waals surface area contributed by atoms with E-state index in [2.05, 4.69) is 4.74 Å². The molecule has 0 aliphatic rings. The molecule has 0 spiro atoms. The molecule has 0 aromatic heterocycles. The molecule has 0 N–H and O–H groups in total. The number of methoxy groups -OCH3 is 1. The van der Waals surface area contributed by atoms with E-state index in [4.69, 9.17) is 0 Å². The van der Waals surface area contributed by atoms with Crippen LogP contribution in [0.1, 0.15) is 0 Å². The van der Waals surface area contributed by atoms with Crippen LogP contribution in [0.3, 0.4) is 0 Å². The first-order valence-electron chi connectivity index (χ1n) is 6.20. The Hall–Kier alpha value is -1.37. The molecule has 20 heteroatoms. The molecule has 0 amide bonds. The van der Waals surface area contributed by atoms with Gasteiger partial charge in [0.2, 0.25) is 0 Å². The van der Waals surface area contributed by atoms with Crippen LogP contribution in [0.15, 0.2) is 0 Å². The molecule has 0 aliphatic carbocycles. The second kappa shape index (κ2) is 6.81. The average Bonchev–Trinajstić information content (AvgIpc) is 2.50. The third-order valence-electron chi connectivity index (χ3n) is 3.41. The predicted molar refractivity (Wildman–Crippen MR) is 52.6 cm³/mol. The standard InChI is InChI=1S/C10H3F19O/c1-30-10(28,29)7(20,21)6(18,19)5(16,17)4(14,15)3(12,13)2(11,8(22,23)24)9(25,26)27/h1H3. The van der Waals surface area contributed by atoms with Crippen LogP contribution in [0.5, 0.6) is 0 Å². The summed E-state index contributed by atoms with van der Waals surface area (Å²) in [5.74, 6) is -43.3. The van der Waals surface area contributed by atoms with E-state index in [9.17, 15) is 83.4 Å². The number of rotatable bonds is 7. The Morgan fingerprint density at radius 1 is 0.367 bits per heavy atom. The molecule has 0 saturated carbocycles. The van der Waals surface area contributed by atoms with E-state index in [1.54, 1.807) is 0 Å². The first kappa shape index (κ1) is 28.6. The van der Waals surface area contributed by atoms with Gasteiger partial charge in [0.1, 0.15) is 0 Å². The van der Waals surface area contributed by atoms with Gasteiger partial charge in [-0.05, 0) is 0 Å². The summed E-state index contributed by atoms with van der Waals surface area (Å²) in [5, 5.41) is 0. The molecule has 0 fully saturated rings. The zero-order chi connectivity index (χ0) is 25.2. The van der Waals surface area contributed by atoms with Crippen LogP contribution < -0.4 is 0 Å². The van der Waals surface area contributed by atoms with Gasteiger partial charge < -0.3 is 4.74 Å². The van der Waals surface area contributed by atoms with Crippen molar-refractivity contribution in [3.63, 3.8) is 0 Å². The Morgan fingerprint density at radius 2 is 0.600 bits per heavy atom. The van der Waals surface area contributed by atoms with Crippen molar-refractivity contribution >= 4 is 0 Å². The lowest BCUT2D eigenvalue weighted by Crippen LogP contribution is -2.77. The molecule has 0 unspecified atom stereocenters. The van der Waals surface area contributed by atoms with E-state index in [1.165, 1.54) is 0 Å². The van der Waals surface area contributed by atoms with Crippen LogP contribution >= 0.6 is 0 Å². The molecule has 0 bridgehead atoms. The molecule has 1 nitrogen and oxygen atoms in total. The topological polar surface area (TPSA) is 9.23 Å². The lowest BCUT2D eigenvalue weighted by Gasteiger charge is -2.44. The molecule has 182 valence electrons. The zero-order valence-corrected chi connectivity index (χ0v) is 13.1. The second-order valence-corrected chi connectivity index (χ2v) is 5.25. The van der Waals surface area contributed by atoms with Crippen molar-refractivity contribution in [3.05, 3.63) is 0 Å². The van der Waals surface area contributed by atoms with E-state index in [0.717, 1.165) is 0 Å². The van der Waals surface area contributed by atoms with Gasteiger partial charge in [-0.25, -0.2) is 4.39 Å². The summed E-state index contributed by atoms with van der Waals surface area (Å²) in [5.41, 5.74) is -8.73. The smallest absolute Gasteiger partial charge is 0.319 e. The number of hydrogen-bond acceptors (Lipinski definition) is 1. The maximum atomic E-state index is 13.2. The van der Waals surface area contributed by atoms with Gasteiger partial charge in [-0.1, -0.05) is 0 Å². The van der Waals surface area contributed by atoms with Crippen molar-refractivity contribution in [2.75, 3.05) is 7.11 Å². The Bertz CT molecular complexity index is 610. The normalized spacial score (nSPS) is 16.8. The minimum atomic E-state index is -9.00. The summed E-state index contributed by atoms with van der Waals surface area (Å²) in [6.45, 7) is 0. The van der Waals surface area contributed by atoms with Gasteiger partial charge in [-0.3, -0.25) is 0 Å². The van der Waals surface area contributed by atoms with Crippen molar-refractivity contribution in [2.24, 2.45) is 0 Å². The maximum absolute atomic E-state index is 13.2. The lowest BCUT2D eigenvalue weighted by molar-refractivity contribution is -0.482. The fourth-order valence-corrected chi connectivity index (χ4v) is 1.64. The largest absolute Gasteiger partial charge is 0.438 e. The third-order valence-corrected chi connectivity index (χ3v) is 3.41. The first-order chi connectivity index (χ1) is 12.6. The predicted octanol–water partition coefficient (Wildman–Crippen LogP) is 6.24. The van der Waals surface area contributed by atoms with E-state index < -0.39 is 60.9 Å². The Balaban J connectivity index is 7.06. The third kappa shape index (κ3) is 3.23. The second-order valence-electron chi connectivity index (χ2n) is 5.25. The maximum Gasteiger partial charge on any atom is 0.438 e. The van der Waals surface area contributed by atoms with E-state index in [1.807, 2.05) is 0 Å². The fraction of sp³-hybridized carbons (Fsp3) is 1.00. The number of ether oxygens (including phenoxy) is 1. The van der Waals surface area contributed by atoms with Gasteiger partial charge in [0.05, 0.1) is 0 Å². The highest BCUT2D eigenvalue weighted by atomic mass is 19.4. The van der Waals surface area contributed by atoms with Gasteiger partial charge in [-0.15, -0.1) is 0 Å². The summed E-state index contributed by atoms with van der Waals surface area (Å²) < 4.78 is 245. The average molecular weight is 500 g/mol. The highest BCUT2D eigenvalue weighted by molar-refractivity contribution is 5.18. The summed E-state index contributed by atoms with van der Waals surface area (Å²) in [7, 11) is -0.644. The molecular formula is C10H3F19O. The molecule has 0 radical (unpaired) electrons. The summed E-state index contributed by atoms with van der Waals surface area (Å²) in [6.07, 6.45) is -23.5. The summed E-state index contributed by atoms with van der Waals surface area (Å²) in [4.78, 5) is 0. The molecular weight excluding hydrogens is 497 g/mol. The Kier molecular flexibility index (Phi) is 6.50. The number of halogens is 19. The van der Waals surface area contributed by atoms with E-state index in [-0.39, 0.29) is 0 Å². The summed E-state index contributed by atoms with van der Waals surface area (Å²) in [6, 6.07) is 0. The van der Waals surface area contributed by atoms with E-state index in [0.29, 0.717) is 0 Å². The van der Waals surface area contributed by atoms with Crippen molar-refractivity contribution < 1.29 is 88.2 Å². The van der Waals surface area contributed by atoms with Crippen molar-refractivity contribution in [3.8, 4) is 0 Å². The molecule has 0 rings (SSSR count). The lowest BCUT2D eigenvalue weighted by atomic mass is 9.84. The molecule has 0 aliphatic heterocycles. The molecule has 0 heterocycles. The monoisotopic (exact) mass is 500 g/mol. The van der Waals surface area contributed by atoms with Gasteiger partial charge in [-0.2, -0.15) is 79.0 Å². The first-order valence-corrected chi connectivity index (χ1v) is 6.20. The highest BCUT2D eigenvalue weighted by Gasteiger charge is 2.98. The van der Waals surface area contributed by atoms with Crippen molar-refractivity contribution in [1.82, 2.24) is 0 Å². The number of hydrogen-bond donors (Lipinski definition) is 0. The van der Waals surface area contributed by atoms with Gasteiger partial charge in [0.25, 0.3) is 0 Å². The van der Waals surface area contributed by atoms with E-state index >= 15 is 0 Å². The highest BCUT2D eigenvalue weighted by Crippen LogP contribution is 2.66. The fourth-order valence-electron chi connectivity index (χ4n) is 1.64. The molecule has 0 atom stereocenters. The van der Waals surface area contributed by atoms with Crippen LogP contribution in [0.2, 0.25) is 0 Å². The van der Waals surface area contributed by atoms with Gasteiger partial charge in [0, 0.05) is 7.11 Å². The Labute approximate surface area is 150 Å². The molecule has 0 saturated heterocycles. The van der Waals surface area contributed by atoms with Crippen molar-refractivity contribution in [1.29, 1.82) is 0 Å². The van der Waals surface area contributed by atoms with Gasteiger partial charge in [0.15, 0.2) is 0 Å². The zero-order valence-electron chi connectivity index (χ0n) is 13.1. The number of alkyl halides is 19. The van der Waals surface area contributed by atoms with Crippen LogP contribution in [0.25, 0.3) is 0 Å². The minimum Gasteiger partial charge on any atom is -0.319 e.